The normalized spacial score (nSPS) is 20.0. The van der Waals surface area contributed by atoms with E-state index in [1.807, 2.05) is 6.07 Å². The maximum atomic E-state index is 12.4. The van der Waals surface area contributed by atoms with Crippen molar-refractivity contribution in [1.29, 1.82) is 0 Å². The molecule has 1 fully saturated rings. The molecule has 186 valence electrons. The number of nitrogens with one attached hydrogen (secondary N) is 1. The Morgan fingerprint density at radius 2 is 1.81 bits per heavy atom. The van der Waals surface area contributed by atoms with Crippen LogP contribution < -0.4 is 10.2 Å². The number of hydrogen-bond acceptors (Lipinski definition) is 3. The molecule has 2 aliphatic heterocycles. The maximum Gasteiger partial charge on any atom is 0.224 e. The minimum atomic E-state index is -0.542. The summed E-state index contributed by atoms with van der Waals surface area (Å²) in [5.74, 6) is 0.103. The van der Waals surface area contributed by atoms with E-state index in [0.29, 0.717) is 13.0 Å². The number of rotatable bonds is 8. The average molecular weight is 497 g/mol. The van der Waals surface area contributed by atoms with Crippen LogP contribution in [0.5, 0.6) is 0 Å². The van der Waals surface area contributed by atoms with E-state index in [4.69, 9.17) is 4.74 Å². The van der Waals surface area contributed by atoms with E-state index >= 15 is 0 Å². The molecule has 0 spiro atoms. The van der Waals surface area contributed by atoms with Crippen LogP contribution >= 0.6 is 0 Å². The Morgan fingerprint density at radius 1 is 1.06 bits per heavy atom. The predicted molar refractivity (Wildman–Crippen MR) is 152 cm³/mol. The van der Waals surface area contributed by atoms with E-state index in [1.54, 1.807) is 0 Å². The van der Waals surface area contributed by atoms with E-state index in [1.165, 1.54) is 38.7 Å². The second-order valence-electron chi connectivity index (χ2n) is 10.4. The molecule has 3 aromatic carbocycles. The zero-order valence-electron chi connectivity index (χ0n) is 21.6. The van der Waals surface area contributed by atoms with Crippen molar-refractivity contribution < 1.29 is 9.53 Å². The lowest BCUT2D eigenvalue weighted by Crippen LogP contribution is -2.51. The van der Waals surface area contributed by atoms with E-state index in [2.05, 4.69) is 103 Å². The van der Waals surface area contributed by atoms with Crippen LogP contribution in [0.15, 0.2) is 78.9 Å². The number of benzene rings is 3. The van der Waals surface area contributed by atoms with Crippen molar-refractivity contribution in [1.82, 2.24) is 5.32 Å². The number of ether oxygens (including phenoxy) is 1. The van der Waals surface area contributed by atoms with Gasteiger partial charge >= 0.3 is 0 Å². The first-order valence-electron chi connectivity index (χ1n) is 13.1. The van der Waals surface area contributed by atoms with Gasteiger partial charge in [-0.3, -0.25) is 4.79 Å². The number of nitrogens with zero attached hydrogens (tertiary/aromatic N) is 1. The predicted octanol–water partition coefficient (Wildman–Crippen LogP) is 4.72. The van der Waals surface area contributed by atoms with Gasteiger partial charge in [0, 0.05) is 34.4 Å². The molecule has 4 nitrogen and oxygen atoms in total. The van der Waals surface area contributed by atoms with Crippen LogP contribution in [-0.2, 0) is 21.4 Å². The number of amides is 1. The highest BCUT2D eigenvalue weighted by atomic mass is 28.1. The molecule has 2 aliphatic rings. The molecule has 2 heterocycles. The molecule has 0 radical (unpaired) electrons. The summed E-state index contributed by atoms with van der Waals surface area (Å²) in [7, 11) is 1.19. The van der Waals surface area contributed by atoms with Crippen molar-refractivity contribution in [2.24, 2.45) is 0 Å². The third kappa shape index (κ3) is 4.42. The summed E-state index contributed by atoms with van der Waals surface area (Å²) < 4.78 is 6.53. The van der Waals surface area contributed by atoms with Gasteiger partial charge in [-0.15, -0.1) is 0 Å². The van der Waals surface area contributed by atoms with Gasteiger partial charge in [-0.25, -0.2) is 0 Å². The minimum absolute atomic E-state index is 0.103. The molecule has 3 aromatic rings. The summed E-state index contributed by atoms with van der Waals surface area (Å²) >= 11 is 0. The van der Waals surface area contributed by atoms with Gasteiger partial charge in [-0.2, -0.15) is 0 Å². The summed E-state index contributed by atoms with van der Waals surface area (Å²) in [4.78, 5) is 14.8. The first kappa shape index (κ1) is 24.5. The van der Waals surface area contributed by atoms with Crippen LogP contribution in [0.3, 0.4) is 0 Å². The van der Waals surface area contributed by atoms with E-state index in [-0.39, 0.29) is 11.3 Å². The number of anilines is 1. The SMILES string of the molecule is CC1(C)c2cc(CC(=O)NCCC[SiH3])ccc2N2CCOC21C=Cc1ccc(-c2ccccc2)cc1. The van der Waals surface area contributed by atoms with Crippen molar-refractivity contribution in [2.75, 3.05) is 24.6 Å². The molecule has 5 rings (SSSR count). The molecule has 0 saturated carbocycles. The van der Waals surface area contributed by atoms with Gasteiger partial charge in [0.15, 0.2) is 5.72 Å². The first-order chi connectivity index (χ1) is 17.4. The van der Waals surface area contributed by atoms with Gasteiger partial charge in [0.05, 0.1) is 13.0 Å². The van der Waals surface area contributed by atoms with Crippen molar-refractivity contribution in [3.05, 3.63) is 95.6 Å². The second-order valence-corrected chi connectivity index (χ2v) is 11.4. The molecule has 36 heavy (non-hydrogen) atoms. The smallest absolute Gasteiger partial charge is 0.224 e. The molecular formula is C31H36N2O2Si. The third-order valence-corrected chi connectivity index (χ3v) is 8.40. The summed E-state index contributed by atoms with van der Waals surface area (Å²) in [5.41, 5.74) is 6.29. The summed E-state index contributed by atoms with van der Waals surface area (Å²) in [5, 5.41) is 3.06. The third-order valence-electron chi connectivity index (χ3n) is 7.70. The van der Waals surface area contributed by atoms with E-state index in [0.717, 1.165) is 30.6 Å². The van der Waals surface area contributed by atoms with Crippen LogP contribution in [0.25, 0.3) is 17.2 Å². The van der Waals surface area contributed by atoms with Crippen LogP contribution in [0, 0.1) is 0 Å². The monoisotopic (exact) mass is 496 g/mol. The Labute approximate surface area is 217 Å². The molecule has 1 atom stereocenters. The number of hydrogen-bond donors (Lipinski definition) is 1. The standard InChI is InChI=1S/C31H36N2O2Si/c1-30(2)27-21-24(22-29(34)32-17-6-20-36)11-14-28(27)33-18-19-35-31(30,33)16-15-23-9-12-26(13-10-23)25-7-4-3-5-8-25/h3-5,7-16,21H,6,17-20,22H2,1-2,36H3,(H,32,34). The van der Waals surface area contributed by atoms with Crippen LogP contribution in [0.2, 0.25) is 6.04 Å². The first-order valence-corrected chi connectivity index (χ1v) is 14.5. The molecule has 0 aliphatic carbocycles. The molecule has 1 unspecified atom stereocenters. The molecule has 0 bridgehead atoms. The Morgan fingerprint density at radius 3 is 2.56 bits per heavy atom. The van der Waals surface area contributed by atoms with Crippen LogP contribution in [0.4, 0.5) is 5.69 Å². The van der Waals surface area contributed by atoms with Crippen molar-refractivity contribution in [2.45, 2.75) is 43.9 Å². The Bertz CT molecular complexity index is 1250. The number of carbonyl (C=O) groups excluding carboxylic acids is 1. The van der Waals surface area contributed by atoms with Crippen molar-refractivity contribution >= 4 is 27.9 Å². The van der Waals surface area contributed by atoms with Crippen LogP contribution in [0.1, 0.15) is 37.0 Å². The molecular weight excluding hydrogens is 460 g/mol. The van der Waals surface area contributed by atoms with Gasteiger partial charge in [-0.1, -0.05) is 92.7 Å². The fraction of sp³-hybridized carbons (Fsp3) is 0.323. The minimum Gasteiger partial charge on any atom is -0.356 e. The van der Waals surface area contributed by atoms with E-state index in [9.17, 15) is 4.79 Å². The zero-order chi connectivity index (χ0) is 25.2. The average Bonchev–Trinajstić information content (AvgIpc) is 3.40. The van der Waals surface area contributed by atoms with Gasteiger partial charge in [-0.05, 0) is 46.4 Å². The zero-order valence-corrected chi connectivity index (χ0v) is 23.6. The van der Waals surface area contributed by atoms with Crippen molar-refractivity contribution in [3.63, 3.8) is 0 Å². The second kappa shape index (κ2) is 10.1. The topological polar surface area (TPSA) is 41.6 Å². The quantitative estimate of drug-likeness (QED) is 0.362. The Hall–Kier alpha value is -3.15. The number of carbonyl (C=O) groups is 1. The summed E-state index contributed by atoms with van der Waals surface area (Å²) in [6.45, 7) is 6.85. The summed E-state index contributed by atoms with van der Waals surface area (Å²) in [6.07, 6.45) is 5.91. The summed E-state index contributed by atoms with van der Waals surface area (Å²) in [6, 6.07) is 26.8. The highest BCUT2D eigenvalue weighted by Crippen LogP contribution is 2.55. The lowest BCUT2D eigenvalue weighted by molar-refractivity contribution is -0.120. The molecule has 1 saturated heterocycles. The lowest BCUT2D eigenvalue weighted by Gasteiger charge is -2.39. The largest absolute Gasteiger partial charge is 0.356 e. The van der Waals surface area contributed by atoms with E-state index < -0.39 is 5.72 Å². The molecule has 5 heteroatoms. The fourth-order valence-corrected chi connectivity index (χ4v) is 5.95. The molecule has 0 aromatic heterocycles. The van der Waals surface area contributed by atoms with Gasteiger partial charge in [0.1, 0.15) is 0 Å². The molecule has 1 N–H and O–H groups in total. The Kier molecular flexibility index (Phi) is 6.87. The lowest BCUT2D eigenvalue weighted by atomic mass is 9.76. The number of fused-ring (bicyclic) bond motifs is 3. The van der Waals surface area contributed by atoms with Gasteiger partial charge < -0.3 is 15.0 Å². The van der Waals surface area contributed by atoms with Gasteiger partial charge in [0.25, 0.3) is 0 Å². The fourth-order valence-electron chi connectivity index (χ4n) is 5.60. The highest BCUT2D eigenvalue weighted by Gasteiger charge is 2.59. The van der Waals surface area contributed by atoms with Gasteiger partial charge in [0.2, 0.25) is 5.91 Å². The highest BCUT2D eigenvalue weighted by molar-refractivity contribution is 6.08. The van der Waals surface area contributed by atoms with Crippen molar-refractivity contribution in [3.8, 4) is 11.1 Å². The maximum absolute atomic E-state index is 12.4. The molecule has 1 amide bonds. The Balaban J connectivity index is 1.38. The van der Waals surface area contributed by atoms with Crippen LogP contribution in [-0.4, -0.2) is 41.6 Å².